The van der Waals surface area contributed by atoms with E-state index in [2.05, 4.69) is 11.9 Å². The summed E-state index contributed by atoms with van der Waals surface area (Å²) in [5, 5.41) is 12.4. The monoisotopic (exact) mass is 346 g/mol. The third-order valence-corrected chi connectivity index (χ3v) is 4.05. The van der Waals surface area contributed by atoms with Crippen molar-refractivity contribution in [3.8, 4) is 5.75 Å². The number of phenolic OH excluding ortho intramolecular Hbond substituents is 1. The quantitative estimate of drug-likeness (QED) is 0.678. The van der Waals surface area contributed by atoms with Gasteiger partial charge in [0.15, 0.2) is 0 Å². The number of benzene rings is 2. The first-order valence-electron chi connectivity index (χ1n) is 8.39. The summed E-state index contributed by atoms with van der Waals surface area (Å²) in [5.74, 6) is -1.50. The summed E-state index contributed by atoms with van der Waals surface area (Å²) in [6, 6.07) is 6.62. The molecule has 2 aromatic carbocycles. The summed E-state index contributed by atoms with van der Waals surface area (Å²) >= 11 is 0. The molecule has 0 spiro atoms. The average molecular weight is 346 g/mol. The molecule has 0 aromatic heterocycles. The molecule has 0 radical (unpaired) electrons. The van der Waals surface area contributed by atoms with Crippen molar-refractivity contribution in [1.82, 2.24) is 0 Å². The lowest BCUT2D eigenvalue weighted by Crippen LogP contribution is -2.03. The van der Waals surface area contributed by atoms with Crippen molar-refractivity contribution >= 4 is 17.1 Å². The van der Waals surface area contributed by atoms with E-state index in [-0.39, 0.29) is 28.4 Å². The van der Waals surface area contributed by atoms with Crippen LogP contribution in [0.3, 0.4) is 0 Å². The molecule has 0 atom stereocenters. The van der Waals surface area contributed by atoms with E-state index in [1.165, 1.54) is 44.2 Å². The fourth-order valence-corrected chi connectivity index (χ4v) is 2.78. The summed E-state index contributed by atoms with van der Waals surface area (Å²) in [7, 11) is 0. The average Bonchev–Trinajstić information content (AvgIpc) is 3.08. The molecule has 0 bridgehead atoms. The van der Waals surface area contributed by atoms with Gasteiger partial charge in [0.2, 0.25) is 0 Å². The van der Waals surface area contributed by atoms with Crippen molar-refractivity contribution in [2.45, 2.75) is 39.0 Å². The number of phenols is 1. The second kappa shape index (κ2) is 8.51. The van der Waals surface area contributed by atoms with Crippen LogP contribution in [-0.4, -0.2) is 5.11 Å². The molecule has 1 aliphatic carbocycles. The van der Waals surface area contributed by atoms with Gasteiger partial charge in [-0.25, -0.2) is 8.78 Å². The van der Waals surface area contributed by atoms with Crippen molar-refractivity contribution in [1.29, 1.82) is 0 Å². The van der Waals surface area contributed by atoms with Gasteiger partial charge in [0.05, 0.1) is 16.9 Å². The predicted octanol–water partition coefficient (Wildman–Crippen LogP) is 5.60. The van der Waals surface area contributed by atoms with Gasteiger partial charge < -0.3 is 16.2 Å². The smallest absolute Gasteiger partial charge is 0.146 e. The van der Waals surface area contributed by atoms with Gasteiger partial charge in [-0.2, -0.15) is 0 Å². The lowest BCUT2D eigenvalue weighted by molar-refractivity contribution is 0.468. The number of aryl methyl sites for hydroxylation is 1. The zero-order valence-corrected chi connectivity index (χ0v) is 14.4. The minimum Gasteiger partial charge on any atom is -0.507 e. The summed E-state index contributed by atoms with van der Waals surface area (Å²) in [6.45, 7) is 5.27. The Morgan fingerprint density at radius 1 is 1.04 bits per heavy atom. The number of rotatable bonds is 3. The largest absolute Gasteiger partial charge is 0.507 e. The van der Waals surface area contributed by atoms with E-state index in [0.717, 1.165) is 17.7 Å². The molecule has 1 fully saturated rings. The van der Waals surface area contributed by atoms with E-state index >= 15 is 0 Å². The zero-order valence-electron chi connectivity index (χ0n) is 14.4. The van der Waals surface area contributed by atoms with Gasteiger partial charge in [0.25, 0.3) is 0 Å². The molecule has 5 heteroatoms. The van der Waals surface area contributed by atoms with E-state index in [1.54, 1.807) is 13.0 Å². The Labute approximate surface area is 147 Å². The number of nitrogens with two attached hydrogens (primary N) is 1. The molecule has 3 nitrogen and oxygen atoms in total. The SMILES string of the molecule is C1CCCC1.C=C(N)c1c(O)cc(F)cc1Nc1ccc(C)cc1F. The predicted molar refractivity (Wildman–Crippen MR) is 98.8 cm³/mol. The fourth-order valence-electron chi connectivity index (χ4n) is 2.78. The minimum atomic E-state index is -0.664. The molecule has 0 amide bonds. The molecule has 0 heterocycles. The van der Waals surface area contributed by atoms with E-state index in [0.29, 0.717) is 0 Å². The third kappa shape index (κ3) is 5.21. The molecule has 25 heavy (non-hydrogen) atoms. The highest BCUT2D eigenvalue weighted by Crippen LogP contribution is 2.33. The Morgan fingerprint density at radius 2 is 1.64 bits per heavy atom. The van der Waals surface area contributed by atoms with Gasteiger partial charge in [0.1, 0.15) is 17.4 Å². The number of nitrogens with one attached hydrogen (secondary N) is 1. The molecule has 0 aliphatic heterocycles. The highest BCUT2D eigenvalue weighted by molar-refractivity contribution is 5.80. The van der Waals surface area contributed by atoms with Crippen LogP contribution in [0.25, 0.3) is 5.70 Å². The van der Waals surface area contributed by atoms with Crippen LogP contribution in [0.4, 0.5) is 20.2 Å². The van der Waals surface area contributed by atoms with Gasteiger partial charge in [-0.3, -0.25) is 0 Å². The van der Waals surface area contributed by atoms with Crippen LogP contribution in [0.2, 0.25) is 0 Å². The summed E-state index contributed by atoms with van der Waals surface area (Å²) in [5.41, 5.74) is 6.84. The van der Waals surface area contributed by atoms with Crippen molar-refractivity contribution in [2.24, 2.45) is 5.73 Å². The number of halogens is 2. The van der Waals surface area contributed by atoms with Crippen molar-refractivity contribution < 1.29 is 13.9 Å². The van der Waals surface area contributed by atoms with Crippen LogP contribution in [0, 0.1) is 18.6 Å². The topological polar surface area (TPSA) is 58.3 Å². The normalized spacial score (nSPS) is 13.1. The van der Waals surface area contributed by atoms with Crippen LogP contribution in [0.1, 0.15) is 43.2 Å². The van der Waals surface area contributed by atoms with Gasteiger partial charge in [-0.05, 0) is 30.7 Å². The van der Waals surface area contributed by atoms with Crippen molar-refractivity contribution in [2.75, 3.05) is 5.32 Å². The molecule has 0 unspecified atom stereocenters. The molecule has 134 valence electrons. The van der Waals surface area contributed by atoms with Gasteiger partial charge in [0, 0.05) is 11.8 Å². The maximum Gasteiger partial charge on any atom is 0.146 e. The van der Waals surface area contributed by atoms with Gasteiger partial charge >= 0.3 is 0 Å². The standard InChI is InChI=1S/C15H14F2N2O.C5H10/c1-8-3-4-12(11(17)5-8)19-13-6-10(16)7-14(20)15(13)9(2)18;1-2-4-5-3-1/h3-7,19-20H,2,18H2,1H3;1-5H2. The molecule has 3 rings (SSSR count). The molecular weight excluding hydrogens is 322 g/mol. The lowest BCUT2D eigenvalue weighted by atomic mass is 10.1. The highest BCUT2D eigenvalue weighted by Gasteiger charge is 2.13. The Morgan fingerprint density at radius 3 is 2.16 bits per heavy atom. The second-order valence-corrected chi connectivity index (χ2v) is 6.25. The van der Waals surface area contributed by atoms with Crippen LogP contribution >= 0.6 is 0 Å². The molecule has 2 aromatic rings. The van der Waals surface area contributed by atoms with E-state index in [4.69, 9.17) is 5.73 Å². The first-order valence-corrected chi connectivity index (χ1v) is 8.39. The maximum absolute atomic E-state index is 13.8. The van der Waals surface area contributed by atoms with Crippen LogP contribution in [0.15, 0.2) is 36.9 Å². The van der Waals surface area contributed by atoms with Crippen molar-refractivity contribution in [3.63, 3.8) is 0 Å². The fraction of sp³-hybridized carbons (Fsp3) is 0.300. The van der Waals surface area contributed by atoms with Crippen LogP contribution in [-0.2, 0) is 0 Å². The second-order valence-electron chi connectivity index (χ2n) is 6.25. The summed E-state index contributed by atoms with van der Waals surface area (Å²) < 4.78 is 27.2. The number of aromatic hydroxyl groups is 1. The molecular formula is C20H24F2N2O. The number of hydrogen-bond acceptors (Lipinski definition) is 3. The Kier molecular flexibility index (Phi) is 6.39. The molecule has 1 aliphatic rings. The first kappa shape index (κ1) is 18.8. The van der Waals surface area contributed by atoms with Gasteiger partial charge in [-0.1, -0.05) is 44.7 Å². The molecule has 4 N–H and O–H groups in total. The van der Waals surface area contributed by atoms with Gasteiger partial charge in [-0.15, -0.1) is 0 Å². The molecule has 0 saturated heterocycles. The maximum atomic E-state index is 13.8. The number of hydrogen-bond donors (Lipinski definition) is 3. The first-order chi connectivity index (χ1) is 11.9. The third-order valence-electron chi connectivity index (χ3n) is 4.05. The summed E-state index contributed by atoms with van der Waals surface area (Å²) in [6.07, 6.45) is 7.50. The van der Waals surface area contributed by atoms with E-state index < -0.39 is 11.6 Å². The zero-order chi connectivity index (χ0) is 18.4. The lowest BCUT2D eigenvalue weighted by Gasteiger charge is -2.14. The number of anilines is 2. The Balaban J connectivity index is 0.000000386. The molecule has 1 saturated carbocycles. The van der Waals surface area contributed by atoms with Crippen LogP contribution < -0.4 is 11.1 Å². The van der Waals surface area contributed by atoms with E-state index in [9.17, 15) is 13.9 Å². The van der Waals surface area contributed by atoms with Crippen molar-refractivity contribution in [3.05, 3.63) is 59.7 Å². The Hall–Kier alpha value is -2.56. The highest BCUT2D eigenvalue weighted by atomic mass is 19.1. The van der Waals surface area contributed by atoms with Crippen LogP contribution in [0.5, 0.6) is 5.75 Å². The minimum absolute atomic E-state index is 0.0533. The summed E-state index contributed by atoms with van der Waals surface area (Å²) in [4.78, 5) is 0. The Bertz CT molecular complexity index is 748. The van der Waals surface area contributed by atoms with E-state index in [1.807, 2.05) is 0 Å².